The average molecular weight is 264 g/mol. The van der Waals surface area contributed by atoms with E-state index < -0.39 is 0 Å². The van der Waals surface area contributed by atoms with E-state index in [-0.39, 0.29) is 11.3 Å². The van der Waals surface area contributed by atoms with Crippen molar-refractivity contribution in [2.24, 2.45) is 5.73 Å². The Hall–Kier alpha value is -1.40. The predicted molar refractivity (Wildman–Crippen MR) is 70.1 cm³/mol. The zero-order valence-corrected chi connectivity index (χ0v) is 11.2. The molecular formula is C12H16N4OS. The van der Waals surface area contributed by atoms with Crippen LogP contribution in [0.4, 0.5) is 0 Å². The maximum absolute atomic E-state index is 6.17. The number of aromatic nitrogens is 3. The normalized spacial score (nSPS) is 14.4. The summed E-state index contributed by atoms with van der Waals surface area (Å²) in [5.41, 5.74) is 7.30. The van der Waals surface area contributed by atoms with Gasteiger partial charge < -0.3 is 10.2 Å². The van der Waals surface area contributed by atoms with E-state index in [1.807, 2.05) is 12.1 Å². The molecule has 96 valence electrons. The molecule has 0 radical (unpaired) electrons. The van der Waals surface area contributed by atoms with Crippen LogP contribution in [0.2, 0.25) is 0 Å². The summed E-state index contributed by atoms with van der Waals surface area (Å²) in [7, 11) is 0. The highest BCUT2D eigenvalue weighted by atomic mass is 32.2. The Morgan fingerprint density at radius 1 is 1.33 bits per heavy atom. The Morgan fingerprint density at radius 2 is 2.06 bits per heavy atom. The second-order valence-electron chi connectivity index (χ2n) is 3.98. The first-order chi connectivity index (χ1) is 8.70. The first-order valence-corrected chi connectivity index (χ1v) is 6.71. The third-order valence-electron chi connectivity index (χ3n) is 2.63. The minimum absolute atomic E-state index is 0.0320. The lowest BCUT2D eigenvalue weighted by Gasteiger charge is -2.20. The molecule has 2 N–H and O–H groups in total. The van der Waals surface area contributed by atoms with E-state index in [9.17, 15) is 0 Å². The van der Waals surface area contributed by atoms with Crippen LogP contribution in [-0.2, 0) is 0 Å². The van der Waals surface area contributed by atoms with E-state index in [4.69, 9.17) is 10.2 Å². The van der Waals surface area contributed by atoms with Crippen LogP contribution < -0.4 is 5.73 Å². The number of nitrogens with zero attached hydrogens (tertiary/aromatic N) is 3. The molecule has 0 aliphatic carbocycles. The summed E-state index contributed by atoms with van der Waals surface area (Å²) < 4.78 is 5.40. The monoisotopic (exact) mass is 264 g/mol. The van der Waals surface area contributed by atoms with Crippen molar-refractivity contribution in [2.75, 3.05) is 0 Å². The summed E-state index contributed by atoms with van der Waals surface area (Å²) in [4.78, 5) is 4.02. The Morgan fingerprint density at radius 3 is 2.61 bits per heavy atom. The molecule has 2 unspecified atom stereocenters. The average Bonchev–Trinajstić information content (AvgIpc) is 2.82. The van der Waals surface area contributed by atoms with Gasteiger partial charge in [0.05, 0.1) is 5.25 Å². The Bertz CT molecular complexity index is 488. The maximum atomic E-state index is 6.17. The summed E-state index contributed by atoms with van der Waals surface area (Å²) >= 11 is 1.50. The van der Waals surface area contributed by atoms with E-state index in [0.29, 0.717) is 11.1 Å². The summed E-state index contributed by atoms with van der Waals surface area (Å²) in [5, 5.41) is 8.48. The van der Waals surface area contributed by atoms with Gasteiger partial charge in [-0.25, -0.2) is 0 Å². The Balaban J connectivity index is 2.21. The van der Waals surface area contributed by atoms with Crippen LogP contribution >= 0.6 is 11.8 Å². The highest BCUT2D eigenvalue weighted by molar-refractivity contribution is 7.99. The van der Waals surface area contributed by atoms with Crippen molar-refractivity contribution in [2.45, 2.75) is 36.8 Å². The van der Waals surface area contributed by atoms with Gasteiger partial charge in [0.15, 0.2) is 0 Å². The summed E-state index contributed by atoms with van der Waals surface area (Å²) in [5.74, 6) is 0.566. The quantitative estimate of drug-likeness (QED) is 0.835. The molecule has 2 atom stereocenters. The second-order valence-corrected chi connectivity index (χ2v) is 5.07. The highest BCUT2D eigenvalue weighted by Crippen LogP contribution is 2.36. The molecule has 0 saturated carbocycles. The molecule has 0 aliphatic rings. The molecular weight excluding hydrogens is 248 g/mol. The van der Waals surface area contributed by atoms with Gasteiger partial charge in [0.2, 0.25) is 5.89 Å². The van der Waals surface area contributed by atoms with E-state index >= 15 is 0 Å². The molecule has 0 aromatic carbocycles. The summed E-state index contributed by atoms with van der Waals surface area (Å²) in [6.45, 7) is 3.84. The van der Waals surface area contributed by atoms with Crippen molar-refractivity contribution in [3.05, 3.63) is 36.0 Å². The van der Waals surface area contributed by atoms with Crippen LogP contribution in [0.25, 0.3) is 0 Å². The van der Waals surface area contributed by atoms with E-state index in [1.54, 1.807) is 19.3 Å². The fraction of sp³-hybridized carbons (Fsp3) is 0.417. The molecule has 0 aliphatic heterocycles. The third kappa shape index (κ3) is 3.08. The standard InChI is InChI=1S/C12H16N4OS/c1-3-10(13)11(9-4-6-14-7-5-9)18-12-16-15-8(2)17-12/h4-7,10-11H,3,13H2,1-2H3. The van der Waals surface area contributed by atoms with Gasteiger partial charge in [0.1, 0.15) is 0 Å². The molecule has 2 heterocycles. The van der Waals surface area contributed by atoms with Crippen LogP contribution in [0, 0.1) is 6.92 Å². The molecule has 0 fully saturated rings. The topological polar surface area (TPSA) is 77.8 Å². The van der Waals surface area contributed by atoms with Crippen LogP contribution in [0.15, 0.2) is 34.2 Å². The van der Waals surface area contributed by atoms with Crippen molar-refractivity contribution >= 4 is 11.8 Å². The largest absolute Gasteiger partial charge is 0.416 e. The van der Waals surface area contributed by atoms with Gasteiger partial charge in [-0.2, -0.15) is 0 Å². The van der Waals surface area contributed by atoms with Crippen LogP contribution in [0.5, 0.6) is 0 Å². The molecule has 0 bridgehead atoms. The van der Waals surface area contributed by atoms with E-state index in [2.05, 4.69) is 22.1 Å². The fourth-order valence-corrected chi connectivity index (χ4v) is 2.74. The zero-order valence-electron chi connectivity index (χ0n) is 10.4. The predicted octanol–water partition coefficient (Wildman–Crippen LogP) is 2.34. The van der Waals surface area contributed by atoms with Crippen LogP contribution in [0.1, 0.15) is 30.0 Å². The van der Waals surface area contributed by atoms with E-state index in [0.717, 1.165) is 12.0 Å². The number of rotatable bonds is 5. The lowest BCUT2D eigenvalue weighted by Crippen LogP contribution is -2.25. The first kappa shape index (κ1) is 13.0. The van der Waals surface area contributed by atoms with Gasteiger partial charge >= 0.3 is 0 Å². The summed E-state index contributed by atoms with van der Waals surface area (Å²) in [6, 6.07) is 3.97. The zero-order chi connectivity index (χ0) is 13.0. The number of aryl methyl sites for hydroxylation is 1. The smallest absolute Gasteiger partial charge is 0.277 e. The number of hydrogen-bond acceptors (Lipinski definition) is 6. The number of thioether (sulfide) groups is 1. The number of pyridine rings is 1. The minimum Gasteiger partial charge on any atom is -0.416 e. The fourth-order valence-electron chi connectivity index (χ4n) is 1.60. The third-order valence-corrected chi connectivity index (χ3v) is 3.87. The van der Waals surface area contributed by atoms with Gasteiger partial charge in [-0.1, -0.05) is 18.7 Å². The lowest BCUT2D eigenvalue weighted by atomic mass is 10.1. The van der Waals surface area contributed by atoms with Crippen molar-refractivity contribution in [1.82, 2.24) is 15.2 Å². The Labute approximate surface area is 110 Å². The van der Waals surface area contributed by atoms with Gasteiger partial charge in [-0.3, -0.25) is 4.98 Å². The summed E-state index contributed by atoms with van der Waals surface area (Å²) in [6.07, 6.45) is 4.42. The van der Waals surface area contributed by atoms with Gasteiger partial charge in [0, 0.05) is 25.4 Å². The van der Waals surface area contributed by atoms with Gasteiger partial charge in [-0.05, 0) is 24.1 Å². The van der Waals surface area contributed by atoms with Crippen molar-refractivity contribution in [1.29, 1.82) is 0 Å². The second kappa shape index (κ2) is 5.97. The molecule has 6 heteroatoms. The SMILES string of the molecule is CCC(N)C(Sc1nnc(C)o1)c1ccncc1. The first-order valence-electron chi connectivity index (χ1n) is 5.83. The molecule has 2 rings (SSSR count). The molecule has 18 heavy (non-hydrogen) atoms. The van der Waals surface area contributed by atoms with Crippen LogP contribution in [-0.4, -0.2) is 21.2 Å². The molecule has 2 aromatic rings. The molecule has 5 nitrogen and oxygen atoms in total. The van der Waals surface area contributed by atoms with Crippen molar-refractivity contribution in [3.8, 4) is 0 Å². The Kier molecular flexibility index (Phi) is 4.33. The van der Waals surface area contributed by atoms with Crippen LogP contribution in [0.3, 0.4) is 0 Å². The maximum Gasteiger partial charge on any atom is 0.277 e. The molecule has 0 saturated heterocycles. The van der Waals surface area contributed by atoms with Crippen molar-refractivity contribution in [3.63, 3.8) is 0 Å². The van der Waals surface area contributed by atoms with Crippen molar-refractivity contribution < 1.29 is 4.42 Å². The van der Waals surface area contributed by atoms with Gasteiger partial charge in [0.25, 0.3) is 5.22 Å². The lowest BCUT2D eigenvalue weighted by molar-refractivity contribution is 0.427. The van der Waals surface area contributed by atoms with E-state index in [1.165, 1.54) is 11.8 Å². The van der Waals surface area contributed by atoms with Gasteiger partial charge in [-0.15, -0.1) is 10.2 Å². The minimum atomic E-state index is 0.0320. The molecule has 0 amide bonds. The number of nitrogens with two attached hydrogens (primary N) is 1. The molecule has 0 spiro atoms. The highest BCUT2D eigenvalue weighted by Gasteiger charge is 2.22. The molecule has 2 aromatic heterocycles. The number of hydrogen-bond donors (Lipinski definition) is 1.